The Labute approximate surface area is 146 Å². The third-order valence-electron chi connectivity index (χ3n) is 4.57. The van der Waals surface area contributed by atoms with E-state index in [0.717, 1.165) is 66.6 Å². The molecular weight excluding hydrogens is 316 g/mol. The van der Waals surface area contributed by atoms with Gasteiger partial charge in [0.2, 0.25) is 5.91 Å². The number of nitrogens with two attached hydrogens (primary N) is 1. The van der Waals surface area contributed by atoms with E-state index in [1.807, 2.05) is 24.3 Å². The zero-order valence-electron chi connectivity index (χ0n) is 14.3. The van der Waals surface area contributed by atoms with Gasteiger partial charge in [-0.1, -0.05) is 12.1 Å². The van der Waals surface area contributed by atoms with Crippen LogP contribution in [0.25, 0.3) is 11.3 Å². The van der Waals surface area contributed by atoms with Crippen LogP contribution in [0.3, 0.4) is 0 Å². The van der Waals surface area contributed by atoms with Gasteiger partial charge < -0.3 is 11.1 Å². The van der Waals surface area contributed by atoms with Gasteiger partial charge in [-0.3, -0.25) is 9.59 Å². The first-order chi connectivity index (χ1) is 12.2. The van der Waals surface area contributed by atoms with Crippen molar-refractivity contribution in [1.29, 1.82) is 0 Å². The van der Waals surface area contributed by atoms with Crippen LogP contribution < -0.4 is 16.6 Å². The minimum absolute atomic E-state index is 0.0120. The molecule has 0 spiro atoms. The van der Waals surface area contributed by atoms with Crippen LogP contribution in [0.1, 0.15) is 43.2 Å². The highest BCUT2D eigenvalue weighted by Crippen LogP contribution is 2.29. The van der Waals surface area contributed by atoms with Gasteiger partial charge in [-0.2, -0.15) is 5.10 Å². The number of rotatable bonds is 6. The van der Waals surface area contributed by atoms with E-state index >= 15 is 0 Å². The number of aromatic nitrogens is 2. The van der Waals surface area contributed by atoms with Crippen molar-refractivity contribution >= 4 is 11.6 Å². The first-order valence-electron chi connectivity index (χ1n) is 8.90. The lowest BCUT2D eigenvalue weighted by Gasteiger charge is -2.17. The van der Waals surface area contributed by atoms with E-state index in [4.69, 9.17) is 5.73 Å². The van der Waals surface area contributed by atoms with E-state index in [1.54, 1.807) is 0 Å². The Kier molecular flexibility index (Phi) is 5.60. The summed E-state index contributed by atoms with van der Waals surface area (Å²) >= 11 is 0. The summed E-state index contributed by atoms with van der Waals surface area (Å²) in [4.78, 5) is 24.0. The molecule has 1 heterocycles. The van der Waals surface area contributed by atoms with E-state index in [1.165, 1.54) is 0 Å². The Morgan fingerprint density at radius 1 is 1.20 bits per heavy atom. The quantitative estimate of drug-likeness (QED) is 0.703. The number of anilines is 1. The van der Waals surface area contributed by atoms with Crippen LogP contribution >= 0.6 is 0 Å². The number of unbranched alkanes of at least 4 members (excludes halogenated alkanes) is 1. The van der Waals surface area contributed by atoms with Gasteiger partial charge in [-0.25, -0.2) is 5.10 Å². The second-order valence-electron chi connectivity index (χ2n) is 6.44. The topological polar surface area (TPSA) is 101 Å². The molecule has 4 N–H and O–H groups in total. The lowest BCUT2D eigenvalue weighted by molar-refractivity contribution is -0.116. The SMILES string of the molecule is NCCCCC(=O)Nc1cccc(-c2n[nH]c(=O)c3c2CCCC3)c1. The van der Waals surface area contributed by atoms with E-state index in [0.29, 0.717) is 13.0 Å². The van der Waals surface area contributed by atoms with Crippen molar-refractivity contribution in [2.45, 2.75) is 44.9 Å². The zero-order chi connectivity index (χ0) is 17.6. The predicted molar refractivity (Wildman–Crippen MR) is 98.5 cm³/mol. The third-order valence-corrected chi connectivity index (χ3v) is 4.57. The van der Waals surface area contributed by atoms with Crippen molar-refractivity contribution in [1.82, 2.24) is 10.2 Å². The van der Waals surface area contributed by atoms with Gasteiger partial charge in [-0.15, -0.1) is 0 Å². The number of fused-ring (bicyclic) bond motifs is 1. The fourth-order valence-corrected chi connectivity index (χ4v) is 3.30. The van der Waals surface area contributed by atoms with Crippen LogP contribution in [0.5, 0.6) is 0 Å². The molecule has 1 amide bonds. The molecule has 0 radical (unpaired) electrons. The Bertz CT molecular complexity index is 813. The monoisotopic (exact) mass is 340 g/mol. The largest absolute Gasteiger partial charge is 0.330 e. The number of aromatic amines is 1. The molecule has 0 aliphatic heterocycles. The second-order valence-corrected chi connectivity index (χ2v) is 6.44. The van der Waals surface area contributed by atoms with Crippen LogP contribution in [0.15, 0.2) is 29.1 Å². The summed E-state index contributed by atoms with van der Waals surface area (Å²) in [6.07, 6.45) is 5.89. The van der Waals surface area contributed by atoms with Crippen LogP contribution in [-0.4, -0.2) is 22.6 Å². The first-order valence-corrected chi connectivity index (χ1v) is 8.90. The van der Waals surface area contributed by atoms with Crippen molar-refractivity contribution in [3.05, 3.63) is 45.7 Å². The molecule has 2 aromatic rings. The van der Waals surface area contributed by atoms with Crippen molar-refractivity contribution in [2.75, 3.05) is 11.9 Å². The maximum absolute atomic E-state index is 12.0. The summed E-state index contributed by atoms with van der Waals surface area (Å²) in [6.45, 7) is 0.603. The van der Waals surface area contributed by atoms with Gasteiger partial charge in [0.25, 0.3) is 5.56 Å². The number of carbonyl (C=O) groups is 1. The smallest absolute Gasteiger partial charge is 0.267 e. The third kappa shape index (κ3) is 4.14. The Balaban J connectivity index is 1.83. The Morgan fingerprint density at radius 2 is 2.00 bits per heavy atom. The van der Waals surface area contributed by atoms with Crippen molar-refractivity contribution < 1.29 is 4.79 Å². The number of benzene rings is 1. The van der Waals surface area contributed by atoms with Crippen molar-refractivity contribution in [3.8, 4) is 11.3 Å². The predicted octanol–water partition coefficient (Wildman–Crippen LogP) is 2.38. The van der Waals surface area contributed by atoms with Crippen LogP contribution in [-0.2, 0) is 17.6 Å². The molecule has 3 rings (SSSR count). The molecule has 6 heteroatoms. The molecule has 1 aromatic heterocycles. The highest BCUT2D eigenvalue weighted by molar-refractivity contribution is 5.91. The van der Waals surface area contributed by atoms with Crippen LogP contribution in [0.4, 0.5) is 5.69 Å². The molecule has 1 aliphatic carbocycles. The summed E-state index contributed by atoms with van der Waals surface area (Å²) < 4.78 is 0. The van der Waals surface area contributed by atoms with Gasteiger partial charge in [0, 0.05) is 23.2 Å². The molecular formula is C19H24N4O2. The average Bonchev–Trinajstić information content (AvgIpc) is 2.63. The lowest BCUT2D eigenvalue weighted by atomic mass is 9.90. The number of H-pyrrole nitrogens is 1. The normalized spacial score (nSPS) is 13.3. The molecule has 0 saturated carbocycles. The number of nitrogens with zero attached hydrogens (tertiary/aromatic N) is 1. The molecule has 1 aliphatic rings. The highest BCUT2D eigenvalue weighted by Gasteiger charge is 2.19. The van der Waals surface area contributed by atoms with Gasteiger partial charge in [0.05, 0.1) is 5.69 Å². The molecule has 0 saturated heterocycles. The average molecular weight is 340 g/mol. The van der Waals surface area contributed by atoms with Crippen molar-refractivity contribution in [2.24, 2.45) is 5.73 Å². The molecule has 132 valence electrons. The maximum atomic E-state index is 12.0. The molecule has 0 bridgehead atoms. The van der Waals surface area contributed by atoms with Crippen LogP contribution in [0, 0.1) is 0 Å². The highest BCUT2D eigenvalue weighted by atomic mass is 16.1. The number of hydrogen-bond donors (Lipinski definition) is 3. The molecule has 0 fully saturated rings. The van der Waals surface area contributed by atoms with Crippen molar-refractivity contribution in [3.63, 3.8) is 0 Å². The second kappa shape index (κ2) is 8.07. The molecule has 0 unspecified atom stereocenters. The summed E-state index contributed by atoms with van der Waals surface area (Å²) in [5, 5.41) is 9.82. The zero-order valence-corrected chi connectivity index (χ0v) is 14.3. The maximum Gasteiger partial charge on any atom is 0.267 e. The summed E-state index contributed by atoms with van der Waals surface area (Å²) in [5.41, 5.74) is 9.74. The van der Waals surface area contributed by atoms with Gasteiger partial charge in [-0.05, 0) is 62.8 Å². The summed E-state index contributed by atoms with van der Waals surface area (Å²) in [5.74, 6) is -0.0120. The first kappa shape index (κ1) is 17.4. The minimum atomic E-state index is -0.0807. The Hall–Kier alpha value is -2.47. The fourth-order valence-electron chi connectivity index (χ4n) is 3.30. The van der Waals surface area contributed by atoms with E-state index in [2.05, 4.69) is 15.5 Å². The standard InChI is InChI=1S/C19H24N4O2/c20-11-4-3-10-17(24)21-14-7-5-6-13(12-14)18-15-8-1-2-9-16(15)19(25)23-22-18/h5-7,12H,1-4,8-11,20H2,(H,21,24)(H,23,25). The van der Waals surface area contributed by atoms with E-state index in [9.17, 15) is 9.59 Å². The van der Waals surface area contributed by atoms with E-state index < -0.39 is 0 Å². The van der Waals surface area contributed by atoms with E-state index in [-0.39, 0.29) is 11.5 Å². The molecule has 1 aromatic carbocycles. The lowest BCUT2D eigenvalue weighted by Crippen LogP contribution is -2.21. The summed E-state index contributed by atoms with van der Waals surface area (Å²) in [7, 11) is 0. The number of carbonyl (C=O) groups excluding carboxylic acids is 1. The van der Waals surface area contributed by atoms with Crippen LogP contribution in [0.2, 0.25) is 0 Å². The number of nitrogens with one attached hydrogen (secondary N) is 2. The molecule has 25 heavy (non-hydrogen) atoms. The fraction of sp³-hybridized carbons (Fsp3) is 0.421. The van der Waals surface area contributed by atoms with Gasteiger partial charge >= 0.3 is 0 Å². The minimum Gasteiger partial charge on any atom is -0.330 e. The molecule has 6 nitrogen and oxygen atoms in total. The number of hydrogen-bond acceptors (Lipinski definition) is 4. The molecule has 0 atom stereocenters. The van der Waals surface area contributed by atoms with Gasteiger partial charge in [0.1, 0.15) is 0 Å². The van der Waals surface area contributed by atoms with Gasteiger partial charge in [0.15, 0.2) is 0 Å². The number of amides is 1. The summed E-state index contributed by atoms with van der Waals surface area (Å²) in [6, 6.07) is 7.63. The Morgan fingerprint density at radius 3 is 2.80 bits per heavy atom.